The van der Waals surface area contributed by atoms with Gasteiger partial charge in [0.1, 0.15) is 0 Å². The van der Waals surface area contributed by atoms with E-state index in [0.29, 0.717) is 12.3 Å². The van der Waals surface area contributed by atoms with Crippen LogP contribution in [-0.4, -0.2) is 5.24 Å². The minimum absolute atomic E-state index is 0.190. The van der Waals surface area contributed by atoms with Crippen LogP contribution < -0.4 is 0 Å². The Labute approximate surface area is 80.5 Å². The van der Waals surface area contributed by atoms with Gasteiger partial charge in [0.2, 0.25) is 5.24 Å². The van der Waals surface area contributed by atoms with Gasteiger partial charge < -0.3 is 0 Å². The van der Waals surface area contributed by atoms with Crippen molar-refractivity contribution in [3.8, 4) is 0 Å². The summed E-state index contributed by atoms with van der Waals surface area (Å²) in [6.07, 6.45) is 6.45. The second kappa shape index (κ2) is 7.60. The molecule has 72 valence electrons. The SMILES string of the molecule is CCCCC(CC)CCC(=O)Cl. The zero-order valence-corrected chi connectivity index (χ0v) is 8.86. The minimum atomic E-state index is -0.190. The highest BCUT2D eigenvalue weighted by Crippen LogP contribution is 2.18. The van der Waals surface area contributed by atoms with Crippen molar-refractivity contribution in [2.75, 3.05) is 0 Å². The molecule has 0 heterocycles. The average Bonchev–Trinajstić information content (AvgIpc) is 2.05. The molecule has 1 nitrogen and oxygen atoms in total. The van der Waals surface area contributed by atoms with Crippen molar-refractivity contribution in [1.29, 1.82) is 0 Å². The normalized spacial score (nSPS) is 12.9. The molecule has 1 atom stereocenters. The zero-order chi connectivity index (χ0) is 9.40. The smallest absolute Gasteiger partial charge is 0.221 e. The molecule has 1 unspecified atom stereocenters. The van der Waals surface area contributed by atoms with Gasteiger partial charge in [0, 0.05) is 6.42 Å². The summed E-state index contributed by atoms with van der Waals surface area (Å²) >= 11 is 5.27. The number of halogens is 1. The second-order valence-corrected chi connectivity index (χ2v) is 3.73. The molecule has 0 aromatic heterocycles. The lowest BCUT2D eigenvalue weighted by Crippen LogP contribution is -2.00. The number of carbonyl (C=O) groups excluding carboxylic acids is 1. The summed E-state index contributed by atoms with van der Waals surface area (Å²) in [4.78, 5) is 10.5. The Kier molecular flexibility index (Phi) is 7.58. The number of carbonyl (C=O) groups is 1. The molecule has 0 N–H and O–H groups in total. The predicted octanol–water partition coefficient (Wildman–Crippen LogP) is 3.75. The van der Waals surface area contributed by atoms with Crippen LogP contribution in [0.2, 0.25) is 0 Å². The van der Waals surface area contributed by atoms with Crippen molar-refractivity contribution in [3.05, 3.63) is 0 Å². The molecule has 0 aromatic carbocycles. The molecule has 0 aliphatic rings. The second-order valence-electron chi connectivity index (χ2n) is 3.31. The lowest BCUT2D eigenvalue weighted by atomic mass is 9.95. The molecule has 0 radical (unpaired) electrons. The molecule has 0 aliphatic heterocycles. The van der Waals surface area contributed by atoms with Crippen molar-refractivity contribution in [2.45, 2.75) is 52.4 Å². The molecule has 0 saturated carbocycles. The third kappa shape index (κ3) is 6.66. The molecule has 0 rings (SSSR count). The van der Waals surface area contributed by atoms with Crippen LogP contribution in [0.4, 0.5) is 0 Å². The number of hydrogen-bond donors (Lipinski definition) is 0. The molecule has 0 aliphatic carbocycles. The van der Waals surface area contributed by atoms with Crippen molar-refractivity contribution in [3.63, 3.8) is 0 Å². The molecule has 0 amide bonds. The Hall–Kier alpha value is -0.0400. The van der Waals surface area contributed by atoms with Gasteiger partial charge in [0.25, 0.3) is 0 Å². The third-order valence-electron chi connectivity index (χ3n) is 2.29. The highest BCUT2D eigenvalue weighted by molar-refractivity contribution is 6.63. The number of unbranched alkanes of at least 4 members (excludes halogenated alkanes) is 1. The lowest BCUT2D eigenvalue weighted by Gasteiger charge is -2.12. The van der Waals surface area contributed by atoms with Crippen LogP contribution in [0.25, 0.3) is 0 Å². The van der Waals surface area contributed by atoms with Crippen LogP contribution in [-0.2, 0) is 4.79 Å². The van der Waals surface area contributed by atoms with Gasteiger partial charge in [-0.15, -0.1) is 0 Å². The van der Waals surface area contributed by atoms with Gasteiger partial charge in [-0.2, -0.15) is 0 Å². The molecular formula is C10H19ClO. The molecule has 0 bridgehead atoms. The quantitative estimate of drug-likeness (QED) is 0.559. The molecule has 12 heavy (non-hydrogen) atoms. The Morgan fingerprint density at radius 2 is 2.00 bits per heavy atom. The maximum atomic E-state index is 10.5. The summed E-state index contributed by atoms with van der Waals surface area (Å²) < 4.78 is 0. The van der Waals surface area contributed by atoms with Crippen LogP contribution in [0.5, 0.6) is 0 Å². The van der Waals surface area contributed by atoms with E-state index in [-0.39, 0.29) is 5.24 Å². The molecule has 0 fully saturated rings. The van der Waals surface area contributed by atoms with Gasteiger partial charge in [-0.3, -0.25) is 4.79 Å². The summed E-state index contributed by atoms with van der Waals surface area (Å²) in [5.41, 5.74) is 0. The van der Waals surface area contributed by atoms with Crippen LogP contribution in [0.15, 0.2) is 0 Å². The first-order valence-corrected chi connectivity index (χ1v) is 5.26. The van der Waals surface area contributed by atoms with E-state index < -0.39 is 0 Å². The highest BCUT2D eigenvalue weighted by atomic mass is 35.5. The average molecular weight is 191 g/mol. The third-order valence-corrected chi connectivity index (χ3v) is 2.48. The standard InChI is InChI=1S/C10H19ClO/c1-3-5-6-9(4-2)7-8-10(11)12/h9H,3-8H2,1-2H3. The monoisotopic (exact) mass is 190 g/mol. The van der Waals surface area contributed by atoms with E-state index in [2.05, 4.69) is 13.8 Å². The molecule has 0 spiro atoms. The Morgan fingerprint density at radius 3 is 2.42 bits per heavy atom. The van der Waals surface area contributed by atoms with Gasteiger partial charge in [-0.25, -0.2) is 0 Å². The fourth-order valence-corrected chi connectivity index (χ4v) is 1.47. The van der Waals surface area contributed by atoms with Crippen molar-refractivity contribution in [2.24, 2.45) is 5.92 Å². The van der Waals surface area contributed by atoms with Gasteiger partial charge in [0.15, 0.2) is 0 Å². The van der Waals surface area contributed by atoms with Gasteiger partial charge in [0.05, 0.1) is 0 Å². The van der Waals surface area contributed by atoms with Gasteiger partial charge >= 0.3 is 0 Å². The van der Waals surface area contributed by atoms with Crippen molar-refractivity contribution < 1.29 is 4.79 Å². The molecule has 2 heteroatoms. The fraction of sp³-hybridized carbons (Fsp3) is 0.900. The van der Waals surface area contributed by atoms with E-state index in [0.717, 1.165) is 6.42 Å². The van der Waals surface area contributed by atoms with E-state index in [4.69, 9.17) is 11.6 Å². The van der Waals surface area contributed by atoms with E-state index in [1.165, 1.54) is 25.7 Å². The van der Waals surface area contributed by atoms with Gasteiger partial charge in [-0.05, 0) is 23.9 Å². The zero-order valence-electron chi connectivity index (χ0n) is 8.11. The predicted molar refractivity (Wildman–Crippen MR) is 53.4 cm³/mol. The van der Waals surface area contributed by atoms with Crippen molar-refractivity contribution in [1.82, 2.24) is 0 Å². The molecular weight excluding hydrogens is 172 g/mol. The topological polar surface area (TPSA) is 17.1 Å². The fourth-order valence-electron chi connectivity index (χ4n) is 1.36. The number of rotatable bonds is 7. The van der Waals surface area contributed by atoms with Crippen LogP contribution in [0, 0.1) is 5.92 Å². The maximum Gasteiger partial charge on any atom is 0.221 e. The summed E-state index contributed by atoms with van der Waals surface area (Å²) in [6.45, 7) is 4.37. The number of hydrogen-bond acceptors (Lipinski definition) is 1. The Bertz CT molecular complexity index is 123. The van der Waals surface area contributed by atoms with Crippen LogP contribution >= 0.6 is 11.6 Å². The maximum absolute atomic E-state index is 10.5. The summed E-state index contributed by atoms with van der Waals surface area (Å²) in [6, 6.07) is 0. The van der Waals surface area contributed by atoms with E-state index in [9.17, 15) is 4.79 Å². The Morgan fingerprint density at radius 1 is 1.33 bits per heavy atom. The minimum Gasteiger partial charge on any atom is -0.281 e. The molecule has 0 saturated heterocycles. The first-order chi connectivity index (χ1) is 5.70. The first kappa shape index (κ1) is 12.0. The molecule has 0 aromatic rings. The first-order valence-electron chi connectivity index (χ1n) is 4.89. The lowest BCUT2D eigenvalue weighted by molar-refractivity contribution is -0.111. The van der Waals surface area contributed by atoms with Crippen LogP contribution in [0.3, 0.4) is 0 Å². The summed E-state index contributed by atoms with van der Waals surface area (Å²) in [5, 5.41) is -0.190. The Balaban J connectivity index is 3.45. The van der Waals surface area contributed by atoms with E-state index in [1.54, 1.807) is 0 Å². The van der Waals surface area contributed by atoms with E-state index >= 15 is 0 Å². The van der Waals surface area contributed by atoms with E-state index in [1.807, 2.05) is 0 Å². The summed E-state index contributed by atoms with van der Waals surface area (Å²) in [7, 11) is 0. The highest BCUT2D eigenvalue weighted by Gasteiger charge is 2.07. The summed E-state index contributed by atoms with van der Waals surface area (Å²) in [5.74, 6) is 0.702. The van der Waals surface area contributed by atoms with Crippen molar-refractivity contribution >= 4 is 16.8 Å². The van der Waals surface area contributed by atoms with Gasteiger partial charge in [-0.1, -0.05) is 39.5 Å². The van der Waals surface area contributed by atoms with Crippen LogP contribution in [0.1, 0.15) is 52.4 Å². The largest absolute Gasteiger partial charge is 0.281 e.